The van der Waals surface area contributed by atoms with E-state index in [4.69, 9.17) is 27.9 Å². The molecule has 8 heteroatoms. The van der Waals surface area contributed by atoms with Crippen molar-refractivity contribution in [3.8, 4) is 5.75 Å². The number of rotatable bonds is 6. The van der Waals surface area contributed by atoms with Crippen LogP contribution in [0.5, 0.6) is 5.75 Å². The van der Waals surface area contributed by atoms with Crippen molar-refractivity contribution in [3.63, 3.8) is 0 Å². The van der Waals surface area contributed by atoms with Crippen molar-refractivity contribution in [3.05, 3.63) is 94.0 Å². The minimum absolute atomic E-state index is 0.0155. The molecule has 0 aromatic heterocycles. The van der Waals surface area contributed by atoms with Gasteiger partial charge in [0.05, 0.1) is 22.7 Å². The Morgan fingerprint density at radius 3 is 2.19 bits per heavy atom. The molecule has 0 aliphatic heterocycles. The number of methoxy groups -OCH3 is 1. The Bertz CT molecular complexity index is 1220. The van der Waals surface area contributed by atoms with Gasteiger partial charge in [-0.2, -0.15) is 4.31 Å². The highest BCUT2D eigenvalue weighted by atomic mass is 35.5. The largest absolute Gasteiger partial charge is 0.495 e. The SMILES string of the molecule is COc1ccc(N(C(=O)/C=C/c2ccc(Cl)cc2)S(=O)(=O)c2ccc(C)cc2)cc1Cl. The van der Waals surface area contributed by atoms with Gasteiger partial charge in [0.25, 0.3) is 15.9 Å². The summed E-state index contributed by atoms with van der Waals surface area (Å²) in [6, 6.07) is 17.4. The number of aryl methyl sites for hydroxylation is 1. The fourth-order valence-electron chi connectivity index (χ4n) is 2.79. The lowest BCUT2D eigenvalue weighted by molar-refractivity contribution is -0.113. The molecule has 0 atom stereocenters. The molecule has 3 rings (SSSR count). The summed E-state index contributed by atoms with van der Waals surface area (Å²) in [6.45, 7) is 1.84. The molecule has 0 bridgehead atoms. The number of sulfonamides is 1. The van der Waals surface area contributed by atoms with Crippen LogP contribution in [0.3, 0.4) is 0 Å². The Morgan fingerprint density at radius 2 is 1.61 bits per heavy atom. The number of benzene rings is 3. The van der Waals surface area contributed by atoms with E-state index in [2.05, 4.69) is 0 Å². The third-order valence-electron chi connectivity index (χ3n) is 4.42. The fourth-order valence-corrected chi connectivity index (χ4v) is 4.55. The number of hydrogen-bond acceptors (Lipinski definition) is 4. The van der Waals surface area contributed by atoms with Gasteiger partial charge in [0.1, 0.15) is 5.75 Å². The standard InChI is InChI=1S/C23H19Cl2NO4S/c1-16-3-11-20(12-4-16)31(28,29)26(19-10-13-22(30-2)21(25)15-19)23(27)14-7-17-5-8-18(24)9-6-17/h3-15H,1-2H3/b14-7+. The number of nitrogens with zero attached hydrogens (tertiary/aromatic N) is 1. The Morgan fingerprint density at radius 1 is 0.968 bits per heavy atom. The lowest BCUT2D eigenvalue weighted by Crippen LogP contribution is -2.35. The fraction of sp³-hybridized carbons (Fsp3) is 0.0870. The molecule has 0 aliphatic carbocycles. The molecule has 0 aliphatic rings. The smallest absolute Gasteiger partial charge is 0.271 e. The van der Waals surface area contributed by atoms with Gasteiger partial charge < -0.3 is 4.74 Å². The van der Waals surface area contributed by atoms with Gasteiger partial charge >= 0.3 is 0 Å². The van der Waals surface area contributed by atoms with Crippen LogP contribution in [0.2, 0.25) is 10.0 Å². The Kier molecular flexibility index (Phi) is 7.05. The summed E-state index contributed by atoms with van der Waals surface area (Å²) in [4.78, 5) is 13.1. The van der Waals surface area contributed by atoms with Crippen LogP contribution in [-0.4, -0.2) is 21.4 Å². The van der Waals surface area contributed by atoms with E-state index in [0.717, 1.165) is 9.87 Å². The monoisotopic (exact) mass is 475 g/mol. The quantitative estimate of drug-likeness (QED) is 0.426. The van der Waals surface area contributed by atoms with Crippen LogP contribution in [0, 0.1) is 6.92 Å². The van der Waals surface area contributed by atoms with Crippen LogP contribution in [0.4, 0.5) is 5.69 Å². The van der Waals surface area contributed by atoms with E-state index in [1.807, 2.05) is 6.92 Å². The van der Waals surface area contributed by atoms with Gasteiger partial charge in [-0.3, -0.25) is 4.79 Å². The highest BCUT2D eigenvalue weighted by molar-refractivity contribution is 7.93. The molecule has 0 radical (unpaired) electrons. The minimum atomic E-state index is -4.21. The first-order chi connectivity index (χ1) is 14.7. The average Bonchev–Trinajstić information content (AvgIpc) is 2.74. The van der Waals surface area contributed by atoms with Gasteiger partial charge in [-0.25, -0.2) is 8.42 Å². The number of ether oxygens (including phenoxy) is 1. The van der Waals surface area contributed by atoms with E-state index in [1.165, 1.54) is 49.6 Å². The first-order valence-corrected chi connectivity index (χ1v) is 11.3. The molecule has 0 heterocycles. The average molecular weight is 476 g/mol. The summed E-state index contributed by atoms with van der Waals surface area (Å²) in [7, 11) is -2.76. The summed E-state index contributed by atoms with van der Waals surface area (Å²) in [5, 5.41) is 0.735. The van der Waals surface area contributed by atoms with E-state index in [1.54, 1.807) is 36.4 Å². The molecule has 0 saturated carbocycles. The van der Waals surface area contributed by atoms with Gasteiger partial charge in [0, 0.05) is 11.1 Å². The van der Waals surface area contributed by atoms with Crippen molar-refractivity contribution < 1.29 is 17.9 Å². The molecule has 0 unspecified atom stereocenters. The molecule has 0 fully saturated rings. The Labute approximate surface area is 191 Å². The molecule has 5 nitrogen and oxygen atoms in total. The van der Waals surface area contributed by atoms with E-state index < -0.39 is 15.9 Å². The molecule has 31 heavy (non-hydrogen) atoms. The molecular weight excluding hydrogens is 457 g/mol. The maximum Gasteiger partial charge on any atom is 0.271 e. The lowest BCUT2D eigenvalue weighted by atomic mass is 10.2. The van der Waals surface area contributed by atoms with Gasteiger partial charge in [0.15, 0.2) is 0 Å². The second-order valence-electron chi connectivity index (χ2n) is 6.62. The number of hydrogen-bond donors (Lipinski definition) is 0. The number of halogens is 2. The zero-order valence-electron chi connectivity index (χ0n) is 16.7. The second-order valence-corrected chi connectivity index (χ2v) is 9.25. The van der Waals surface area contributed by atoms with Crippen LogP contribution in [0.25, 0.3) is 6.08 Å². The summed E-state index contributed by atoms with van der Waals surface area (Å²) >= 11 is 12.1. The minimum Gasteiger partial charge on any atom is -0.495 e. The van der Waals surface area contributed by atoms with Crippen molar-refractivity contribution in [2.24, 2.45) is 0 Å². The van der Waals surface area contributed by atoms with Gasteiger partial charge in [-0.05, 0) is 61.0 Å². The molecule has 3 aromatic carbocycles. The van der Waals surface area contributed by atoms with E-state index in [9.17, 15) is 13.2 Å². The van der Waals surface area contributed by atoms with Gasteiger partial charge in [-0.15, -0.1) is 0 Å². The summed E-state index contributed by atoms with van der Waals surface area (Å²) in [5.74, 6) is -0.390. The second kappa shape index (κ2) is 9.56. The maximum absolute atomic E-state index is 13.4. The maximum atomic E-state index is 13.4. The number of anilines is 1. The molecular formula is C23H19Cl2NO4S. The van der Waals surface area contributed by atoms with Crippen LogP contribution in [0.1, 0.15) is 11.1 Å². The van der Waals surface area contributed by atoms with Gasteiger partial charge in [-0.1, -0.05) is 53.0 Å². The number of carbonyl (C=O) groups excluding carboxylic acids is 1. The van der Waals surface area contributed by atoms with Crippen LogP contribution >= 0.6 is 23.2 Å². The number of carbonyl (C=O) groups is 1. The highest BCUT2D eigenvalue weighted by Crippen LogP contribution is 2.32. The highest BCUT2D eigenvalue weighted by Gasteiger charge is 2.30. The van der Waals surface area contributed by atoms with Crippen LogP contribution in [0.15, 0.2) is 77.7 Å². The summed E-state index contributed by atoms with van der Waals surface area (Å²) < 4.78 is 32.6. The normalized spacial score (nSPS) is 11.5. The topological polar surface area (TPSA) is 63.7 Å². The van der Waals surface area contributed by atoms with Crippen molar-refractivity contribution in [1.82, 2.24) is 0 Å². The Balaban J connectivity index is 2.07. The Hall–Kier alpha value is -2.80. The van der Waals surface area contributed by atoms with Crippen LogP contribution in [-0.2, 0) is 14.8 Å². The molecule has 0 N–H and O–H groups in total. The van der Waals surface area contributed by atoms with Crippen molar-refractivity contribution >= 4 is 50.9 Å². The third-order valence-corrected chi connectivity index (χ3v) is 6.70. The summed E-state index contributed by atoms with van der Waals surface area (Å²) in [6.07, 6.45) is 2.70. The molecule has 160 valence electrons. The lowest BCUT2D eigenvalue weighted by Gasteiger charge is -2.22. The van der Waals surface area contributed by atoms with Crippen molar-refractivity contribution in [1.29, 1.82) is 0 Å². The third kappa shape index (κ3) is 5.28. The first kappa shape index (κ1) is 22.9. The first-order valence-electron chi connectivity index (χ1n) is 9.15. The van der Waals surface area contributed by atoms with Gasteiger partial charge in [0.2, 0.25) is 0 Å². The van der Waals surface area contributed by atoms with E-state index in [-0.39, 0.29) is 15.6 Å². The van der Waals surface area contributed by atoms with Crippen LogP contribution < -0.4 is 9.04 Å². The molecule has 0 spiro atoms. The van der Waals surface area contributed by atoms with E-state index in [0.29, 0.717) is 16.3 Å². The van der Waals surface area contributed by atoms with Crippen molar-refractivity contribution in [2.75, 3.05) is 11.4 Å². The molecule has 0 saturated heterocycles. The molecule has 1 amide bonds. The molecule has 3 aromatic rings. The zero-order valence-corrected chi connectivity index (χ0v) is 19.1. The predicted octanol–water partition coefficient (Wildman–Crippen LogP) is 5.75. The van der Waals surface area contributed by atoms with E-state index >= 15 is 0 Å². The zero-order chi connectivity index (χ0) is 22.6. The predicted molar refractivity (Wildman–Crippen MR) is 124 cm³/mol. The summed E-state index contributed by atoms with van der Waals surface area (Å²) in [5.41, 5.74) is 1.68. The number of amides is 1. The van der Waals surface area contributed by atoms with Crippen molar-refractivity contribution in [2.45, 2.75) is 11.8 Å².